The molecule has 0 bridgehead atoms. The number of amides is 2. The Morgan fingerprint density at radius 1 is 0.886 bits per heavy atom. The lowest BCUT2D eigenvalue weighted by molar-refractivity contribution is -0.137. The van der Waals surface area contributed by atoms with Gasteiger partial charge in [-0.1, -0.05) is 36.4 Å². The molecule has 5 rings (SSSR count). The van der Waals surface area contributed by atoms with E-state index in [9.17, 15) is 9.59 Å². The van der Waals surface area contributed by atoms with E-state index in [1.54, 1.807) is 43.1 Å². The zero-order valence-electron chi connectivity index (χ0n) is 26.0. The van der Waals surface area contributed by atoms with Gasteiger partial charge in [-0.2, -0.15) is 0 Å². The Kier molecular flexibility index (Phi) is 9.70. The van der Waals surface area contributed by atoms with Crippen LogP contribution in [0.2, 0.25) is 0 Å². The van der Waals surface area contributed by atoms with E-state index in [1.165, 1.54) is 16.7 Å². The topological polar surface area (TPSA) is 87.7 Å². The van der Waals surface area contributed by atoms with Gasteiger partial charge in [0, 0.05) is 56.1 Å². The predicted octanol–water partition coefficient (Wildman–Crippen LogP) is 5.71. The van der Waals surface area contributed by atoms with E-state index in [0.29, 0.717) is 24.6 Å². The van der Waals surface area contributed by atoms with Crippen LogP contribution < -0.4 is 19.9 Å². The molecule has 1 atom stereocenters. The largest absolute Gasteiger partial charge is 0.493 e. The van der Waals surface area contributed by atoms with E-state index < -0.39 is 5.41 Å². The minimum absolute atomic E-state index is 0.195. The van der Waals surface area contributed by atoms with Crippen molar-refractivity contribution in [1.29, 1.82) is 0 Å². The third-order valence-electron chi connectivity index (χ3n) is 8.22. The molecule has 0 radical (unpaired) electrons. The van der Waals surface area contributed by atoms with Gasteiger partial charge in [0.1, 0.15) is 11.2 Å². The Morgan fingerprint density at radius 2 is 1.66 bits per heavy atom. The first-order valence-electron chi connectivity index (χ1n) is 15.3. The number of nitrogens with zero attached hydrogens (tertiary/aromatic N) is 4. The van der Waals surface area contributed by atoms with Crippen molar-refractivity contribution >= 4 is 23.2 Å². The Hall–Kier alpha value is -4.56. The highest BCUT2D eigenvalue weighted by atomic mass is 16.5. The quantitative estimate of drug-likeness (QED) is 0.168. The van der Waals surface area contributed by atoms with Crippen molar-refractivity contribution in [1.82, 2.24) is 15.3 Å². The molecule has 228 valence electrons. The fourth-order valence-electron chi connectivity index (χ4n) is 5.83. The molecule has 0 saturated carbocycles. The molecular weight excluding hydrogens is 550 g/mol. The molecule has 2 amide bonds. The van der Waals surface area contributed by atoms with E-state index in [4.69, 9.17) is 4.74 Å². The van der Waals surface area contributed by atoms with Gasteiger partial charge in [-0.25, -0.2) is 0 Å². The van der Waals surface area contributed by atoms with Gasteiger partial charge in [0.05, 0.1) is 18.0 Å². The van der Waals surface area contributed by atoms with Crippen molar-refractivity contribution in [3.8, 4) is 16.9 Å². The summed E-state index contributed by atoms with van der Waals surface area (Å²) in [6, 6.07) is 22.5. The molecule has 0 spiro atoms. The van der Waals surface area contributed by atoms with Crippen LogP contribution in [0.5, 0.6) is 5.75 Å². The van der Waals surface area contributed by atoms with Crippen molar-refractivity contribution in [3.63, 3.8) is 0 Å². The fourth-order valence-corrected chi connectivity index (χ4v) is 5.83. The molecule has 0 fully saturated rings. The first-order chi connectivity index (χ1) is 21.3. The third kappa shape index (κ3) is 6.81. The maximum atomic E-state index is 13.2. The second kappa shape index (κ2) is 13.8. The maximum Gasteiger partial charge on any atom is 0.242 e. The van der Waals surface area contributed by atoms with Crippen LogP contribution in [0.15, 0.2) is 91.5 Å². The second-order valence-electron chi connectivity index (χ2n) is 11.7. The maximum absolute atomic E-state index is 13.2. The molecule has 0 aliphatic carbocycles. The van der Waals surface area contributed by atoms with Crippen LogP contribution in [-0.2, 0) is 22.4 Å². The molecular formula is C36H41N5O3. The summed E-state index contributed by atoms with van der Waals surface area (Å²) in [4.78, 5) is 38.2. The minimum Gasteiger partial charge on any atom is -0.493 e. The van der Waals surface area contributed by atoms with Gasteiger partial charge in [0.25, 0.3) is 0 Å². The summed E-state index contributed by atoms with van der Waals surface area (Å²) < 4.78 is 6.14. The monoisotopic (exact) mass is 591 g/mol. The summed E-state index contributed by atoms with van der Waals surface area (Å²) in [5.74, 6) is 0.244. The van der Waals surface area contributed by atoms with Gasteiger partial charge in [0.2, 0.25) is 11.8 Å². The standard InChI is InChI=1S/C36H41N5O3/c1-5-41-32-16-15-30(23-33(32)40(4)34(42)36(2,3)35(41)43)44-20-10-19-39-29(21-26-11-8-17-37-24-26)22-27-12-6-7-14-31(27)28-13-9-18-38-25-28/h6-9,11-18,23-25,29,39H,5,10,19-22H2,1-4H3. The number of ether oxygens (including phenoxy) is 1. The highest BCUT2D eigenvalue weighted by Gasteiger charge is 2.45. The number of anilines is 2. The number of hydrogen-bond acceptors (Lipinski definition) is 6. The van der Waals surface area contributed by atoms with Crippen LogP contribution >= 0.6 is 0 Å². The summed E-state index contributed by atoms with van der Waals surface area (Å²) in [6.45, 7) is 7.06. The lowest BCUT2D eigenvalue weighted by Gasteiger charge is -2.27. The van der Waals surface area contributed by atoms with Gasteiger partial charge >= 0.3 is 0 Å². The van der Waals surface area contributed by atoms with E-state index in [2.05, 4.69) is 51.7 Å². The van der Waals surface area contributed by atoms with Crippen LogP contribution in [-0.4, -0.2) is 54.6 Å². The zero-order valence-corrected chi connectivity index (χ0v) is 26.0. The second-order valence-corrected chi connectivity index (χ2v) is 11.7. The predicted molar refractivity (Wildman–Crippen MR) is 175 cm³/mol. The Morgan fingerprint density at radius 3 is 2.39 bits per heavy atom. The normalized spacial score (nSPS) is 15.1. The van der Waals surface area contributed by atoms with E-state index in [-0.39, 0.29) is 17.9 Å². The lowest BCUT2D eigenvalue weighted by Crippen LogP contribution is -2.47. The number of benzene rings is 2. The van der Waals surface area contributed by atoms with Gasteiger partial charge in [0.15, 0.2) is 0 Å². The van der Waals surface area contributed by atoms with Gasteiger partial charge < -0.3 is 19.9 Å². The molecule has 1 N–H and O–H groups in total. The van der Waals surface area contributed by atoms with Gasteiger partial charge in [-0.05, 0) is 87.5 Å². The summed E-state index contributed by atoms with van der Waals surface area (Å²) in [7, 11) is 1.72. The van der Waals surface area contributed by atoms with Crippen LogP contribution in [0.25, 0.3) is 11.1 Å². The van der Waals surface area contributed by atoms with Crippen LogP contribution in [0.3, 0.4) is 0 Å². The van der Waals surface area contributed by atoms with E-state index in [0.717, 1.165) is 37.1 Å². The van der Waals surface area contributed by atoms with Crippen molar-refractivity contribution in [2.24, 2.45) is 5.41 Å². The average Bonchev–Trinajstić information content (AvgIpc) is 3.10. The van der Waals surface area contributed by atoms with Crippen molar-refractivity contribution in [2.45, 2.75) is 46.1 Å². The molecule has 0 saturated heterocycles. The zero-order chi connectivity index (χ0) is 31.1. The molecule has 2 aromatic heterocycles. The molecule has 3 heterocycles. The number of pyridine rings is 2. The van der Waals surface area contributed by atoms with Crippen LogP contribution in [0.1, 0.15) is 38.3 Å². The average molecular weight is 592 g/mol. The number of aromatic nitrogens is 2. The third-order valence-corrected chi connectivity index (χ3v) is 8.22. The molecule has 44 heavy (non-hydrogen) atoms. The highest BCUT2D eigenvalue weighted by molar-refractivity contribution is 6.20. The number of nitrogens with one attached hydrogen (secondary N) is 1. The van der Waals surface area contributed by atoms with E-state index in [1.807, 2.05) is 49.6 Å². The first kappa shape index (κ1) is 30.9. The molecule has 1 aliphatic heterocycles. The smallest absolute Gasteiger partial charge is 0.242 e. The Balaban J connectivity index is 1.24. The minimum atomic E-state index is -1.14. The number of fused-ring (bicyclic) bond motifs is 1. The molecule has 1 unspecified atom stereocenters. The Labute approximate surface area is 260 Å². The van der Waals surface area contributed by atoms with Crippen LogP contribution in [0, 0.1) is 5.41 Å². The van der Waals surface area contributed by atoms with Crippen molar-refractivity contribution in [3.05, 3.63) is 103 Å². The summed E-state index contributed by atoms with van der Waals surface area (Å²) in [5.41, 5.74) is 5.02. The number of carbonyl (C=O) groups excluding carboxylic acids is 2. The molecule has 4 aromatic rings. The number of rotatable bonds is 12. The van der Waals surface area contributed by atoms with Crippen molar-refractivity contribution < 1.29 is 14.3 Å². The van der Waals surface area contributed by atoms with Gasteiger partial charge in [-0.15, -0.1) is 0 Å². The fraction of sp³-hybridized carbons (Fsp3) is 0.333. The lowest BCUT2D eigenvalue weighted by atomic mass is 9.90. The van der Waals surface area contributed by atoms with E-state index >= 15 is 0 Å². The summed E-state index contributed by atoms with van der Waals surface area (Å²) in [5, 5.41) is 3.76. The highest BCUT2D eigenvalue weighted by Crippen LogP contribution is 2.40. The first-order valence-corrected chi connectivity index (χ1v) is 15.3. The van der Waals surface area contributed by atoms with Gasteiger partial charge in [-0.3, -0.25) is 19.6 Å². The molecule has 1 aliphatic rings. The summed E-state index contributed by atoms with van der Waals surface area (Å²) >= 11 is 0. The number of carbonyl (C=O) groups is 2. The van der Waals surface area contributed by atoms with Crippen molar-refractivity contribution in [2.75, 3.05) is 36.5 Å². The summed E-state index contributed by atoms with van der Waals surface area (Å²) in [6.07, 6.45) is 9.94. The Bertz CT molecular complexity index is 1580. The molecule has 8 heteroatoms. The molecule has 8 nitrogen and oxygen atoms in total. The van der Waals surface area contributed by atoms with Crippen LogP contribution in [0.4, 0.5) is 11.4 Å². The SMILES string of the molecule is CCN1C(=O)C(C)(C)C(=O)N(C)c2cc(OCCCNC(Cc3cccnc3)Cc3ccccc3-c3cccnc3)ccc21. The molecule has 2 aromatic carbocycles. The number of hydrogen-bond donors (Lipinski definition) is 1.